The summed E-state index contributed by atoms with van der Waals surface area (Å²) < 4.78 is 81.4. The molecule has 0 radical (unpaired) electrons. The van der Waals surface area contributed by atoms with Gasteiger partial charge in [-0.05, 0) is 36.4 Å². The first-order valence-electron chi connectivity index (χ1n) is 11.5. The fraction of sp³-hybridized carbons (Fsp3) is 0.391. The van der Waals surface area contributed by atoms with E-state index in [1.807, 2.05) is 0 Å². The molecule has 4 atom stereocenters. The third-order valence-corrected chi connectivity index (χ3v) is 6.82. The van der Waals surface area contributed by atoms with Crippen LogP contribution in [0.25, 0.3) is 0 Å². The Balaban J connectivity index is 2.49. The number of aliphatic hydroxyl groups is 6. The zero-order valence-electron chi connectivity index (χ0n) is 20.8. The molecule has 0 bridgehead atoms. The molecule has 0 fully saturated rings. The smallest absolute Gasteiger partial charge is 0.394 e. The molecule has 0 spiro atoms. The van der Waals surface area contributed by atoms with E-state index in [9.17, 15) is 56.0 Å². The van der Waals surface area contributed by atoms with Crippen molar-refractivity contribution < 1.29 is 66.2 Å². The molecular formula is C23H27F4N3O10S. The maximum Gasteiger partial charge on any atom is 0.418 e. The monoisotopic (exact) mass is 613 g/mol. The number of halogens is 4. The summed E-state index contributed by atoms with van der Waals surface area (Å²) in [4.78, 5) is 24.5. The molecule has 18 heteroatoms. The first-order chi connectivity index (χ1) is 19.0. The summed E-state index contributed by atoms with van der Waals surface area (Å²) in [5.74, 6) is -3.54. The third kappa shape index (κ3) is 9.32. The second-order valence-electron chi connectivity index (χ2n) is 8.59. The fourth-order valence-corrected chi connectivity index (χ4v) is 4.32. The number of nitrogens with one attached hydrogen (secondary N) is 3. The van der Waals surface area contributed by atoms with Crippen molar-refractivity contribution in [2.24, 2.45) is 0 Å². The van der Waals surface area contributed by atoms with Gasteiger partial charge >= 0.3 is 6.18 Å². The Morgan fingerprint density at radius 2 is 1.24 bits per heavy atom. The van der Waals surface area contributed by atoms with Gasteiger partial charge in [-0.25, -0.2) is 12.8 Å². The minimum Gasteiger partial charge on any atom is -0.394 e. The van der Waals surface area contributed by atoms with E-state index >= 15 is 0 Å². The van der Waals surface area contributed by atoms with Gasteiger partial charge in [-0.3, -0.25) is 14.3 Å². The summed E-state index contributed by atoms with van der Waals surface area (Å²) in [5, 5.41) is 60.3. The lowest BCUT2D eigenvalue weighted by atomic mass is 10.1. The van der Waals surface area contributed by atoms with Gasteiger partial charge in [0.05, 0.1) is 41.6 Å². The van der Waals surface area contributed by atoms with Crippen LogP contribution in [0, 0.1) is 5.82 Å². The molecule has 0 aromatic heterocycles. The Morgan fingerprint density at radius 3 is 1.66 bits per heavy atom. The molecule has 0 aliphatic carbocycles. The average Bonchev–Trinajstić information content (AvgIpc) is 2.93. The Hall–Kier alpha value is -3.39. The summed E-state index contributed by atoms with van der Waals surface area (Å²) in [6, 6.07) is 3.33. The summed E-state index contributed by atoms with van der Waals surface area (Å²) in [7, 11) is -5.00. The van der Waals surface area contributed by atoms with Crippen molar-refractivity contribution in [3.63, 3.8) is 0 Å². The number of anilines is 1. The largest absolute Gasteiger partial charge is 0.418 e. The van der Waals surface area contributed by atoms with Crippen molar-refractivity contribution in [2.45, 2.75) is 35.5 Å². The number of carbonyl (C=O) groups is 2. The molecule has 13 nitrogen and oxygen atoms in total. The number of aliphatic hydroxyl groups excluding tert-OH is 6. The SMILES string of the molecule is O=C(NCC(O)C(O)CO)c1cc(C(=O)NCC(O)C(O)CO)cc(S(=O)(=O)Nc2ccc(F)cc2C(F)(F)F)c1. The molecule has 0 saturated heterocycles. The molecule has 2 aromatic rings. The summed E-state index contributed by atoms with van der Waals surface area (Å²) in [5.41, 5.74) is -3.85. The van der Waals surface area contributed by atoms with Gasteiger partial charge in [0, 0.05) is 24.2 Å². The molecule has 2 rings (SSSR count). The highest BCUT2D eigenvalue weighted by molar-refractivity contribution is 7.92. The number of alkyl halides is 3. The lowest BCUT2D eigenvalue weighted by Crippen LogP contribution is -2.41. The van der Waals surface area contributed by atoms with E-state index < -0.39 is 112 Å². The Kier molecular flexibility index (Phi) is 11.5. The van der Waals surface area contributed by atoms with E-state index in [1.54, 1.807) is 4.72 Å². The topological polar surface area (TPSA) is 226 Å². The summed E-state index contributed by atoms with van der Waals surface area (Å²) in [6.45, 7) is -3.01. The maximum absolute atomic E-state index is 13.5. The van der Waals surface area contributed by atoms with Crippen molar-refractivity contribution in [3.8, 4) is 0 Å². The second kappa shape index (κ2) is 14.0. The Bertz CT molecular complexity index is 1290. The normalized spacial score (nSPS) is 15.0. The van der Waals surface area contributed by atoms with E-state index in [4.69, 9.17) is 10.2 Å². The van der Waals surface area contributed by atoms with Crippen LogP contribution in [0.15, 0.2) is 41.3 Å². The standard InChI is InChI=1S/C23H27F4N3O10S/c24-13-1-2-16(15(6-13)23(25,26)27)30-41(39,40)14-4-11(21(37)28-7-17(33)19(35)9-31)3-12(5-14)22(38)29-8-18(34)20(36)10-32/h1-6,17-20,30-36H,7-10H2,(H,28,37)(H,29,38). The summed E-state index contributed by atoms with van der Waals surface area (Å²) >= 11 is 0. The number of hydrogen-bond acceptors (Lipinski definition) is 10. The molecule has 4 unspecified atom stereocenters. The van der Waals surface area contributed by atoms with Gasteiger partial charge in [0.2, 0.25) is 0 Å². The van der Waals surface area contributed by atoms with Gasteiger partial charge in [-0.1, -0.05) is 0 Å². The molecule has 0 heterocycles. The van der Waals surface area contributed by atoms with E-state index in [1.165, 1.54) is 0 Å². The van der Waals surface area contributed by atoms with Gasteiger partial charge in [0.25, 0.3) is 21.8 Å². The number of hydrogen-bond donors (Lipinski definition) is 9. The van der Waals surface area contributed by atoms with Crippen LogP contribution in [0.2, 0.25) is 0 Å². The van der Waals surface area contributed by atoms with E-state index in [0.29, 0.717) is 24.3 Å². The van der Waals surface area contributed by atoms with E-state index in [2.05, 4.69) is 10.6 Å². The van der Waals surface area contributed by atoms with E-state index in [-0.39, 0.29) is 6.07 Å². The second-order valence-corrected chi connectivity index (χ2v) is 10.3. The molecule has 2 aromatic carbocycles. The summed E-state index contributed by atoms with van der Waals surface area (Å²) in [6.07, 6.45) is -11.8. The van der Waals surface area contributed by atoms with Gasteiger partial charge < -0.3 is 41.3 Å². The highest BCUT2D eigenvalue weighted by Gasteiger charge is 2.35. The van der Waals surface area contributed by atoms with Gasteiger partial charge in [0.1, 0.15) is 18.0 Å². The minimum atomic E-state index is -5.17. The van der Waals surface area contributed by atoms with Crippen molar-refractivity contribution in [1.82, 2.24) is 10.6 Å². The van der Waals surface area contributed by atoms with Gasteiger partial charge in [-0.2, -0.15) is 13.2 Å². The molecule has 228 valence electrons. The van der Waals surface area contributed by atoms with Crippen LogP contribution in [0.5, 0.6) is 0 Å². The van der Waals surface area contributed by atoms with Crippen LogP contribution < -0.4 is 15.4 Å². The number of benzene rings is 2. The van der Waals surface area contributed by atoms with Gasteiger partial charge in [0.15, 0.2) is 0 Å². The van der Waals surface area contributed by atoms with Crippen LogP contribution in [0.1, 0.15) is 26.3 Å². The first kappa shape index (κ1) is 33.8. The fourth-order valence-electron chi connectivity index (χ4n) is 3.17. The quantitative estimate of drug-likeness (QED) is 0.119. The van der Waals surface area contributed by atoms with Crippen molar-refractivity contribution in [3.05, 3.63) is 58.9 Å². The number of rotatable bonds is 13. The van der Waals surface area contributed by atoms with Crippen LogP contribution in [0.4, 0.5) is 23.2 Å². The molecule has 41 heavy (non-hydrogen) atoms. The average molecular weight is 614 g/mol. The number of sulfonamides is 1. The van der Waals surface area contributed by atoms with Crippen LogP contribution >= 0.6 is 0 Å². The molecular weight excluding hydrogens is 586 g/mol. The van der Waals surface area contributed by atoms with Crippen molar-refractivity contribution >= 4 is 27.5 Å². The Morgan fingerprint density at radius 1 is 0.780 bits per heavy atom. The lowest BCUT2D eigenvalue weighted by molar-refractivity contribution is -0.137. The van der Waals surface area contributed by atoms with Crippen LogP contribution in [-0.4, -0.2) is 102 Å². The molecule has 0 saturated carbocycles. The van der Waals surface area contributed by atoms with Crippen LogP contribution in [-0.2, 0) is 16.2 Å². The van der Waals surface area contributed by atoms with Crippen molar-refractivity contribution in [1.29, 1.82) is 0 Å². The predicted molar refractivity (Wildman–Crippen MR) is 132 cm³/mol. The minimum absolute atomic E-state index is 0.0544. The Labute approximate surface area is 230 Å². The highest BCUT2D eigenvalue weighted by Crippen LogP contribution is 2.36. The molecule has 9 N–H and O–H groups in total. The van der Waals surface area contributed by atoms with Gasteiger partial charge in [-0.15, -0.1) is 0 Å². The molecule has 0 aliphatic heterocycles. The predicted octanol–water partition coefficient (Wildman–Crippen LogP) is -1.47. The number of carbonyl (C=O) groups excluding carboxylic acids is 2. The third-order valence-electron chi connectivity index (χ3n) is 5.48. The number of amides is 2. The lowest BCUT2D eigenvalue weighted by Gasteiger charge is -2.18. The zero-order chi connectivity index (χ0) is 31.1. The first-order valence-corrected chi connectivity index (χ1v) is 13.0. The molecule has 0 aliphatic rings. The van der Waals surface area contributed by atoms with E-state index in [0.717, 1.165) is 6.07 Å². The maximum atomic E-state index is 13.5. The van der Waals surface area contributed by atoms with Crippen molar-refractivity contribution in [2.75, 3.05) is 31.0 Å². The zero-order valence-corrected chi connectivity index (χ0v) is 21.7. The highest BCUT2D eigenvalue weighted by atomic mass is 32.2. The van der Waals surface area contributed by atoms with Crippen LogP contribution in [0.3, 0.4) is 0 Å². The molecule has 2 amide bonds.